The molecule has 2 aromatic carbocycles. The Morgan fingerprint density at radius 2 is 1.85 bits per heavy atom. The van der Waals surface area contributed by atoms with Gasteiger partial charge in [0, 0.05) is 30.4 Å². The molecule has 0 aliphatic heterocycles. The lowest BCUT2D eigenvalue weighted by atomic mass is 10.1. The predicted octanol–water partition coefficient (Wildman–Crippen LogP) is 4.54. The van der Waals surface area contributed by atoms with Crippen LogP contribution in [0.25, 0.3) is 27.2 Å². The van der Waals surface area contributed by atoms with Gasteiger partial charge in [0.15, 0.2) is 0 Å². The molecule has 4 aromatic rings. The second-order valence-corrected chi connectivity index (χ2v) is 7.71. The number of anilines is 1. The van der Waals surface area contributed by atoms with Crippen molar-refractivity contribution in [3.63, 3.8) is 0 Å². The molecule has 0 amide bonds. The number of halogens is 1. The molecular weight excluding hydrogens is 380 g/mol. The Bertz CT molecular complexity index is 1200. The monoisotopic (exact) mass is 396 g/mol. The second-order valence-electron chi connectivity index (χ2n) is 6.50. The van der Waals surface area contributed by atoms with Crippen molar-refractivity contribution in [3.05, 3.63) is 69.7 Å². The molecule has 0 N–H and O–H groups in total. The number of nitrogens with zero attached hydrogens (tertiary/aromatic N) is 4. The molecule has 2 aromatic heterocycles. The molecule has 0 radical (unpaired) electrons. The summed E-state index contributed by atoms with van der Waals surface area (Å²) in [6.07, 6.45) is 1.57. The lowest BCUT2D eigenvalue weighted by Gasteiger charge is -2.17. The van der Waals surface area contributed by atoms with Gasteiger partial charge in [-0.1, -0.05) is 29.8 Å². The number of benzene rings is 2. The van der Waals surface area contributed by atoms with Crippen molar-refractivity contribution in [2.75, 3.05) is 19.0 Å². The first-order valence-corrected chi connectivity index (χ1v) is 9.52. The van der Waals surface area contributed by atoms with E-state index in [1.54, 1.807) is 23.0 Å². The van der Waals surface area contributed by atoms with Crippen LogP contribution in [0.2, 0.25) is 5.02 Å². The quantitative estimate of drug-likeness (QED) is 0.510. The molecule has 0 fully saturated rings. The van der Waals surface area contributed by atoms with Crippen LogP contribution < -0.4 is 10.5 Å². The van der Waals surface area contributed by atoms with Crippen molar-refractivity contribution in [2.24, 2.45) is 0 Å². The summed E-state index contributed by atoms with van der Waals surface area (Å²) in [7, 11) is 3.97. The van der Waals surface area contributed by atoms with Crippen LogP contribution in [0.1, 0.15) is 5.56 Å². The zero-order valence-corrected chi connectivity index (χ0v) is 16.7. The Labute approximate surface area is 165 Å². The van der Waals surface area contributed by atoms with Gasteiger partial charge in [-0.15, -0.1) is 0 Å². The molecule has 2 heterocycles. The molecule has 0 aliphatic rings. The first-order valence-electron chi connectivity index (χ1n) is 8.37. The van der Waals surface area contributed by atoms with E-state index < -0.39 is 0 Å². The summed E-state index contributed by atoms with van der Waals surface area (Å²) in [5, 5.41) is 0.657. The average molecular weight is 397 g/mol. The molecule has 7 heteroatoms. The Kier molecular flexibility index (Phi) is 4.45. The van der Waals surface area contributed by atoms with E-state index in [4.69, 9.17) is 11.6 Å². The van der Waals surface area contributed by atoms with E-state index in [0.29, 0.717) is 20.9 Å². The molecule has 0 unspecified atom stereocenters. The first-order chi connectivity index (χ1) is 13.0. The third kappa shape index (κ3) is 3.11. The molecule has 0 saturated heterocycles. The van der Waals surface area contributed by atoms with Crippen LogP contribution in [0, 0.1) is 6.92 Å². The van der Waals surface area contributed by atoms with Crippen LogP contribution in [-0.4, -0.2) is 28.0 Å². The second kappa shape index (κ2) is 6.79. The molecule has 136 valence electrons. The van der Waals surface area contributed by atoms with E-state index in [1.807, 2.05) is 56.3 Å². The van der Waals surface area contributed by atoms with Gasteiger partial charge in [0.1, 0.15) is 22.2 Å². The highest BCUT2D eigenvalue weighted by molar-refractivity contribution is 7.13. The summed E-state index contributed by atoms with van der Waals surface area (Å²) in [4.78, 5) is 19.6. The van der Waals surface area contributed by atoms with Crippen molar-refractivity contribution >= 4 is 39.0 Å². The van der Waals surface area contributed by atoms with Gasteiger partial charge in [-0.2, -0.15) is 4.37 Å². The SMILES string of the molecule is Cc1ccc(-n2cnc3c(-c4ccc(Cl)cc4)nsc3c2=O)cc1N(C)C. The Morgan fingerprint density at radius 1 is 1.11 bits per heavy atom. The number of aryl methyl sites for hydroxylation is 1. The molecule has 0 aliphatic carbocycles. The van der Waals surface area contributed by atoms with Crippen molar-refractivity contribution in [3.8, 4) is 16.9 Å². The third-order valence-corrected chi connectivity index (χ3v) is 5.53. The minimum atomic E-state index is -0.119. The minimum Gasteiger partial charge on any atom is -0.377 e. The highest BCUT2D eigenvalue weighted by atomic mass is 35.5. The van der Waals surface area contributed by atoms with Gasteiger partial charge in [-0.25, -0.2) is 4.98 Å². The van der Waals surface area contributed by atoms with E-state index in [0.717, 1.165) is 22.5 Å². The van der Waals surface area contributed by atoms with E-state index in [9.17, 15) is 4.79 Å². The number of hydrogen-bond acceptors (Lipinski definition) is 5. The van der Waals surface area contributed by atoms with E-state index in [-0.39, 0.29) is 5.56 Å². The molecule has 0 spiro atoms. The highest BCUT2D eigenvalue weighted by Crippen LogP contribution is 2.29. The molecule has 0 atom stereocenters. The number of aromatic nitrogens is 3. The number of rotatable bonds is 3. The lowest BCUT2D eigenvalue weighted by molar-refractivity contribution is 0.962. The standard InChI is InChI=1S/C20H17ClN4OS/c1-12-4-9-15(10-16(12)24(2)3)25-11-22-18-17(23-27-19(18)20(25)26)13-5-7-14(21)8-6-13/h4-11H,1-3H3. The van der Waals surface area contributed by atoms with Crippen molar-refractivity contribution in [2.45, 2.75) is 6.92 Å². The number of fused-ring (bicyclic) bond motifs is 1. The van der Waals surface area contributed by atoms with Crippen molar-refractivity contribution < 1.29 is 0 Å². The van der Waals surface area contributed by atoms with Crippen LogP contribution in [0.15, 0.2) is 53.6 Å². The fourth-order valence-electron chi connectivity index (χ4n) is 3.03. The topological polar surface area (TPSA) is 51.0 Å². The molecule has 0 bridgehead atoms. The summed E-state index contributed by atoms with van der Waals surface area (Å²) in [5.74, 6) is 0. The molecule has 5 nitrogen and oxygen atoms in total. The maximum Gasteiger partial charge on any atom is 0.277 e. The third-order valence-electron chi connectivity index (χ3n) is 4.45. The fourth-order valence-corrected chi connectivity index (χ4v) is 3.95. The first kappa shape index (κ1) is 17.7. The van der Waals surface area contributed by atoms with Crippen molar-refractivity contribution in [1.29, 1.82) is 0 Å². The van der Waals surface area contributed by atoms with E-state index >= 15 is 0 Å². The van der Waals surface area contributed by atoms with Gasteiger partial charge in [-0.05, 0) is 48.3 Å². The van der Waals surface area contributed by atoms with Gasteiger partial charge in [0.05, 0.1) is 5.69 Å². The summed E-state index contributed by atoms with van der Waals surface area (Å²) >= 11 is 7.13. The van der Waals surface area contributed by atoms with Gasteiger partial charge in [0.25, 0.3) is 5.56 Å². The normalized spacial score (nSPS) is 11.1. The molecule has 27 heavy (non-hydrogen) atoms. The van der Waals surface area contributed by atoms with Crippen LogP contribution in [0.5, 0.6) is 0 Å². The summed E-state index contributed by atoms with van der Waals surface area (Å²) in [6.45, 7) is 2.05. The Hall–Kier alpha value is -2.70. The highest BCUT2D eigenvalue weighted by Gasteiger charge is 2.15. The lowest BCUT2D eigenvalue weighted by Crippen LogP contribution is -2.19. The van der Waals surface area contributed by atoms with Crippen LogP contribution in [0.3, 0.4) is 0 Å². The molecule has 4 rings (SSSR count). The van der Waals surface area contributed by atoms with E-state index in [2.05, 4.69) is 9.36 Å². The van der Waals surface area contributed by atoms with Gasteiger partial charge < -0.3 is 4.90 Å². The Balaban J connectivity index is 1.86. The van der Waals surface area contributed by atoms with Crippen molar-refractivity contribution in [1.82, 2.24) is 13.9 Å². The summed E-state index contributed by atoms with van der Waals surface area (Å²) < 4.78 is 6.57. The predicted molar refractivity (Wildman–Crippen MR) is 113 cm³/mol. The van der Waals surface area contributed by atoms with Crippen LogP contribution >= 0.6 is 23.1 Å². The largest absolute Gasteiger partial charge is 0.377 e. The van der Waals surface area contributed by atoms with Crippen LogP contribution in [0.4, 0.5) is 5.69 Å². The zero-order valence-electron chi connectivity index (χ0n) is 15.1. The fraction of sp³-hybridized carbons (Fsp3) is 0.150. The minimum absolute atomic E-state index is 0.119. The molecule has 0 saturated carbocycles. The smallest absolute Gasteiger partial charge is 0.277 e. The van der Waals surface area contributed by atoms with E-state index in [1.165, 1.54) is 11.5 Å². The van der Waals surface area contributed by atoms with Gasteiger partial charge in [0.2, 0.25) is 0 Å². The maximum atomic E-state index is 13.1. The molecular formula is C20H17ClN4OS. The zero-order chi connectivity index (χ0) is 19.1. The maximum absolute atomic E-state index is 13.1. The number of hydrogen-bond donors (Lipinski definition) is 0. The summed E-state index contributed by atoms with van der Waals surface area (Å²) in [5.41, 5.74) is 5.08. The Morgan fingerprint density at radius 3 is 2.56 bits per heavy atom. The van der Waals surface area contributed by atoms with Gasteiger partial charge >= 0.3 is 0 Å². The van der Waals surface area contributed by atoms with Gasteiger partial charge in [-0.3, -0.25) is 9.36 Å². The van der Waals surface area contributed by atoms with Crippen LogP contribution in [-0.2, 0) is 0 Å². The average Bonchev–Trinajstić information content (AvgIpc) is 3.08. The summed E-state index contributed by atoms with van der Waals surface area (Å²) in [6, 6.07) is 13.3.